The summed E-state index contributed by atoms with van der Waals surface area (Å²) in [7, 11) is 0. The number of nitrogens with one attached hydrogen (secondary N) is 1. The van der Waals surface area contributed by atoms with E-state index in [0.29, 0.717) is 39.0 Å². The van der Waals surface area contributed by atoms with Crippen LogP contribution in [-0.2, 0) is 14.4 Å². The Balaban J connectivity index is 1.60. The maximum atomic E-state index is 14.1. The van der Waals surface area contributed by atoms with Gasteiger partial charge in [0.2, 0.25) is 0 Å². The summed E-state index contributed by atoms with van der Waals surface area (Å²) in [5.74, 6) is -5.32. The Morgan fingerprint density at radius 2 is 1.78 bits per heavy atom. The van der Waals surface area contributed by atoms with Crippen molar-refractivity contribution in [2.24, 2.45) is 39.9 Å². The van der Waals surface area contributed by atoms with Crippen molar-refractivity contribution in [3.05, 3.63) is 23.3 Å². The molecule has 1 amide bonds. The molecule has 37 heavy (non-hydrogen) atoms. The highest BCUT2D eigenvalue weighted by molar-refractivity contribution is 6.01. The van der Waals surface area contributed by atoms with Crippen LogP contribution in [0.4, 0.5) is 8.78 Å². The minimum atomic E-state index is -3.48. The zero-order chi connectivity index (χ0) is 27.2. The van der Waals surface area contributed by atoms with Crippen molar-refractivity contribution in [1.29, 1.82) is 5.26 Å². The number of nitriles is 1. The number of Topliss-reactive ketones (excluding diaryl/α,β-unsaturated/α-hetero) is 1. The Morgan fingerprint density at radius 1 is 1.08 bits per heavy atom. The van der Waals surface area contributed by atoms with Crippen LogP contribution < -0.4 is 5.32 Å². The zero-order valence-electron chi connectivity index (χ0n) is 22.5. The lowest BCUT2D eigenvalue weighted by Crippen LogP contribution is -2.67. The van der Waals surface area contributed by atoms with Crippen LogP contribution in [-0.4, -0.2) is 28.9 Å². The molecule has 1 N–H and O–H groups in total. The number of hydrogen-bond acceptors (Lipinski definition) is 4. The predicted molar refractivity (Wildman–Crippen MR) is 134 cm³/mol. The highest BCUT2D eigenvalue weighted by Crippen LogP contribution is 2.67. The number of rotatable bonds is 2. The normalized spacial score (nSPS) is 42.6. The fraction of sp³-hybridized carbons (Fsp3) is 0.733. The van der Waals surface area contributed by atoms with Gasteiger partial charge in [-0.2, -0.15) is 14.0 Å². The summed E-state index contributed by atoms with van der Waals surface area (Å²) < 4.78 is 28.0. The van der Waals surface area contributed by atoms with Crippen molar-refractivity contribution in [3.63, 3.8) is 0 Å². The minimum absolute atomic E-state index is 0.00689. The van der Waals surface area contributed by atoms with E-state index < -0.39 is 22.8 Å². The van der Waals surface area contributed by atoms with Gasteiger partial charge in [-0.3, -0.25) is 14.4 Å². The maximum Gasteiger partial charge on any atom is 0.321 e. The molecule has 5 aliphatic rings. The lowest BCUT2D eigenvalue weighted by molar-refractivity contribution is -0.155. The number of allylic oxidation sites excluding steroid dienone is 4. The van der Waals surface area contributed by atoms with Gasteiger partial charge in [0, 0.05) is 30.2 Å². The van der Waals surface area contributed by atoms with Crippen LogP contribution in [0.1, 0.15) is 86.0 Å². The maximum absolute atomic E-state index is 14.1. The fourth-order valence-corrected chi connectivity index (χ4v) is 8.96. The van der Waals surface area contributed by atoms with E-state index in [1.807, 2.05) is 0 Å². The summed E-state index contributed by atoms with van der Waals surface area (Å²) in [5.41, 5.74) is -0.498. The molecule has 6 unspecified atom stereocenters. The Kier molecular flexibility index (Phi) is 5.73. The molecule has 0 aromatic heterocycles. The standard InChI is InChI=1S/C30H38F2N2O3/c1-26(2)10-11-30(34-25(37)29(5,31)32)9-7-19-24(20(30)15-26)22(36)13-23-27(19,3)8-6-18-12-21(35)17(16-33)14-28(18,23)4/h13-14,18-20,24H,6-12,15H2,1-5H3,(H,34,37)/t18?,19?,20?,24?,27?,28?,30-/m1/s1. The summed E-state index contributed by atoms with van der Waals surface area (Å²) in [5, 5.41) is 12.4. The second-order valence-corrected chi connectivity index (χ2v) is 13.8. The molecule has 0 saturated heterocycles. The molecule has 0 aromatic carbocycles. The summed E-state index contributed by atoms with van der Waals surface area (Å²) in [6, 6.07) is 2.07. The number of amides is 1. The van der Waals surface area contributed by atoms with Crippen LogP contribution in [0, 0.1) is 51.2 Å². The third kappa shape index (κ3) is 3.84. The van der Waals surface area contributed by atoms with E-state index in [2.05, 4.69) is 39.1 Å². The number of nitrogens with zero attached hydrogens (tertiary/aromatic N) is 1. The third-order valence-corrected chi connectivity index (χ3v) is 11.0. The Labute approximate surface area is 218 Å². The van der Waals surface area contributed by atoms with Gasteiger partial charge in [0.05, 0.1) is 5.57 Å². The lowest BCUT2D eigenvalue weighted by atomic mass is 9.41. The van der Waals surface area contributed by atoms with Gasteiger partial charge < -0.3 is 5.32 Å². The number of carbonyl (C=O) groups is 3. The van der Waals surface area contributed by atoms with E-state index in [1.54, 1.807) is 12.2 Å². The van der Waals surface area contributed by atoms with Crippen molar-refractivity contribution >= 4 is 17.5 Å². The summed E-state index contributed by atoms with van der Waals surface area (Å²) in [6.45, 7) is 9.24. The number of carbonyl (C=O) groups excluding carboxylic acids is 3. The van der Waals surface area contributed by atoms with E-state index in [-0.39, 0.29) is 51.6 Å². The van der Waals surface area contributed by atoms with Crippen LogP contribution in [0.3, 0.4) is 0 Å². The topological polar surface area (TPSA) is 87.0 Å². The van der Waals surface area contributed by atoms with Crippen LogP contribution in [0.25, 0.3) is 0 Å². The quantitative estimate of drug-likeness (QED) is 0.514. The van der Waals surface area contributed by atoms with Crippen LogP contribution >= 0.6 is 0 Å². The van der Waals surface area contributed by atoms with Crippen LogP contribution in [0.2, 0.25) is 0 Å². The second-order valence-electron chi connectivity index (χ2n) is 13.8. The van der Waals surface area contributed by atoms with Crippen molar-refractivity contribution in [1.82, 2.24) is 5.32 Å². The van der Waals surface area contributed by atoms with Gasteiger partial charge in [-0.15, -0.1) is 0 Å². The van der Waals surface area contributed by atoms with Crippen molar-refractivity contribution in [3.8, 4) is 6.07 Å². The van der Waals surface area contributed by atoms with Crippen LogP contribution in [0.15, 0.2) is 23.3 Å². The molecule has 200 valence electrons. The highest BCUT2D eigenvalue weighted by Gasteiger charge is 2.64. The number of fused-ring (bicyclic) bond motifs is 7. The van der Waals surface area contributed by atoms with Gasteiger partial charge >= 0.3 is 5.92 Å². The number of hydrogen-bond donors (Lipinski definition) is 1. The third-order valence-electron chi connectivity index (χ3n) is 11.0. The number of ketones is 2. The van der Waals surface area contributed by atoms with Crippen molar-refractivity contribution < 1.29 is 23.2 Å². The molecule has 5 nitrogen and oxygen atoms in total. The summed E-state index contributed by atoms with van der Waals surface area (Å²) >= 11 is 0. The first-order chi connectivity index (χ1) is 17.1. The molecule has 0 radical (unpaired) electrons. The van der Waals surface area contributed by atoms with E-state index in [0.717, 1.165) is 24.8 Å². The van der Waals surface area contributed by atoms with E-state index in [9.17, 15) is 28.4 Å². The molecule has 3 fully saturated rings. The average Bonchev–Trinajstić information content (AvgIpc) is 2.80. The number of halogens is 2. The van der Waals surface area contributed by atoms with E-state index >= 15 is 0 Å². The molecule has 7 heteroatoms. The molecule has 0 spiro atoms. The van der Waals surface area contributed by atoms with Crippen molar-refractivity contribution in [2.45, 2.75) is 97.4 Å². The monoisotopic (exact) mass is 512 g/mol. The van der Waals surface area contributed by atoms with E-state index in [4.69, 9.17) is 0 Å². The molecule has 0 aliphatic heterocycles. The van der Waals surface area contributed by atoms with Gasteiger partial charge in [-0.05, 0) is 79.6 Å². The summed E-state index contributed by atoms with van der Waals surface area (Å²) in [6.07, 6.45) is 8.93. The molecule has 7 atom stereocenters. The molecule has 3 saturated carbocycles. The fourth-order valence-electron chi connectivity index (χ4n) is 8.96. The second kappa shape index (κ2) is 8.07. The van der Waals surface area contributed by atoms with Crippen molar-refractivity contribution in [2.75, 3.05) is 0 Å². The van der Waals surface area contributed by atoms with Crippen LogP contribution in [0.5, 0.6) is 0 Å². The first-order valence-electron chi connectivity index (χ1n) is 13.7. The smallest absolute Gasteiger partial charge is 0.321 e. The first kappa shape index (κ1) is 26.3. The van der Waals surface area contributed by atoms with Gasteiger partial charge in [0.1, 0.15) is 6.07 Å². The Hall–Kier alpha value is -2.36. The van der Waals surface area contributed by atoms with Gasteiger partial charge in [0.15, 0.2) is 11.6 Å². The molecular formula is C30H38F2N2O3. The molecule has 0 aromatic rings. The predicted octanol–water partition coefficient (Wildman–Crippen LogP) is 5.70. The SMILES string of the molecule is CC1(C)CC[C@]2(NC(=O)C(C)(F)F)CCC3C(C(=O)C=C4C5(C)C=C(C#N)C(=O)CC5CCC43C)C2C1. The first-order valence-corrected chi connectivity index (χ1v) is 13.7. The highest BCUT2D eigenvalue weighted by atomic mass is 19.3. The van der Waals surface area contributed by atoms with Gasteiger partial charge in [-0.25, -0.2) is 0 Å². The molecular weight excluding hydrogens is 474 g/mol. The number of alkyl halides is 2. The van der Waals surface area contributed by atoms with Gasteiger partial charge in [0.25, 0.3) is 5.91 Å². The zero-order valence-corrected chi connectivity index (χ0v) is 22.5. The molecule has 0 bridgehead atoms. The largest absolute Gasteiger partial charge is 0.345 e. The Bertz CT molecular complexity index is 1170. The molecule has 5 aliphatic carbocycles. The Morgan fingerprint density at radius 3 is 2.43 bits per heavy atom. The molecule has 5 rings (SSSR count). The summed E-state index contributed by atoms with van der Waals surface area (Å²) in [4.78, 5) is 39.1. The average molecular weight is 513 g/mol. The molecule has 0 heterocycles. The van der Waals surface area contributed by atoms with Gasteiger partial charge in [-0.1, -0.05) is 39.3 Å². The minimum Gasteiger partial charge on any atom is -0.345 e. The lowest BCUT2D eigenvalue weighted by Gasteiger charge is -2.64. The van der Waals surface area contributed by atoms with E-state index in [1.165, 1.54) is 0 Å².